The van der Waals surface area contributed by atoms with Gasteiger partial charge < -0.3 is 0 Å². The van der Waals surface area contributed by atoms with Crippen molar-refractivity contribution in [2.75, 3.05) is 10.6 Å². The van der Waals surface area contributed by atoms with Crippen molar-refractivity contribution in [3.63, 3.8) is 0 Å². The van der Waals surface area contributed by atoms with Crippen molar-refractivity contribution in [1.29, 1.82) is 0 Å². The molecule has 20 heavy (non-hydrogen) atoms. The molecule has 0 unspecified atom stereocenters. The molecule has 0 aliphatic rings. The molecule has 0 aromatic heterocycles. The van der Waals surface area contributed by atoms with Crippen LogP contribution in [0.25, 0.3) is 0 Å². The van der Waals surface area contributed by atoms with Crippen LogP contribution < -0.4 is 4.72 Å². The van der Waals surface area contributed by atoms with Gasteiger partial charge >= 0.3 is 0 Å². The fourth-order valence-electron chi connectivity index (χ4n) is 1.69. The second-order valence-electron chi connectivity index (χ2n) is 4.17. The summed E-state index contributed by atoms with van der Waals surface area (Å²) in [6.45, 7) is 0. The lowest BCUT2D eigenvalue weighted by molar-refractivity contribution is 0.601. The molecule has 0 fully saturated rings. The summed E-state index contributed by atoms with van der Waals surface area (Å²) in [5.74, 6) is 0.520. The van der Waals surface area contributed by atoms with E-state index in [9.17, 15) is 8.42 Å². The summed E-state index contributed by atoms with van der Waals surface area (Å²) in [5, 5.41) is 0. The Morgan fingerprint density at radius 3 is 2.30 bits per heavy atom. The minimum Gasteiger partial charge on any atom is -0.279 e. The Labute approximate surface area is 137 Å². The van der Waals surface area contributed by atoms with Gasteiger partial charge in [-0.1, -0.05) is 24.3 Å². The van der Waals surface area contributed by atoms with Crippen LogP contribution in [0.15, 0.2) is 53.4 Å². The highest BCUT2D eigenvalue weighted by Gasteiger charge is 2.15. The fraction of sp³-hybridized carbons (Fsp3) is 0.143. The number of hydrogen-bond acceptors (Lipinski definition) is 2. The van der Waals surface area contributed by atoms with Crippen molar-refractivity contribution in [2.45, 2.75) is 11.3 Å². The van der Waals surface area contributed by atoms with E-state index < -0.39 is 10.0 Å². The molecule has 2 aromatic rings. The summed E-state index contributed by atoms with van der Waals surface area (Å²) < 4.78 is 28.0. The number of halogens is 2. The fourth-order valence-corrected chi connectivity index (χ4v) is 3.70. The highest BCUT2D eigenvalue weighted by molar-refractivity contribution is 14.1. The predicted octanol–water partition coefficient (Wildman–Crippen LogP) is 3.87. The number of alkyl halides is 1. The largest absolute Gasteiger partial charge is 0.279 e. The molecule has 0 heterocycles. The van der Waals surface area contributed by atoms with Gasteiger partial charge in [-0.3, -0.25) is 4.72 Å². The predicted molar refractivity (Wildman–Crippen MR) is 90.8 cm³/mol. The molecule has 0 aliphatic carbocycles. The van der Waals surface area contributed by atoms with Gasteiger partial charge in [-0.25, -0.2) is 8.42 Å². The number of rotatable bonds is 5. The highest BCUT2D eigenvalue weighted by Crippen LogP contribution is 2.21. The molecule has 0 saturated heterocycles. The van der Waals surface area contributed by atoms with Crippen LogP contribution in [0, 0.1) is 3.57 Å². The molecule has 3 nitrogen and oxygen atoms in total. The zero-order valence-corrected chi connectivity index (χ0v) is 14.2. The molecule has 2 aromatic carbocycles. The van der Waals surface area contributed by atoms with Crippen molar-refractivity contribution in [1.82, 2.24) is 0 Å². The molecule has 0 radical (unpaired) electrons. The molecule has 1 N–H and O–H groups in total. The summed E-state index contributed by atoms with van der Waals surface area (Å²) in [7, 11) is -3.56. The summed E-state index contributed by atoms with van der Waals surface area (Å²) >= 11 is 7.75. The van der Waals surface area contributed by atoms with Crippen molar-refractivity contribution < 1.29 is 8.42 Å². The minimum absolute atomic E-state index is 0.246. The van der Waals surface area contributed by atoms with Crippen LogP contribution in [0.5, 0.6) is 0 Å². The molecule has 0 spiro atoms. The Bertz CT molecular complexity index is 687. The molecule has 0 saturated carbocycles. The Kier molecular flexibility index (Phi) is 5.29. The van der Waals surface area contributed by atoms with Gasteiger partial charge in [0.15, 0.2) is 0 Å². The van der Waals surface area contributed by atoms with Crippen molar-refractivity contribution in [3.05, 3.63) is 57.7 Å². The SMILES string of the molecule is O=S(=O)(Nc1ccccc1I)c1ccc(CCCl)cc1. The molecular weight excluding hydrogens is 409 g/mol. The van der Waals surface area contributed by atoms with Gasteiger partial charge in [0.05, 0.1) is 10.6 Å². The maximum atomic E-state index is 12.3. The number of para-hydroxylation sites is 1. The third kappa shape index (κ3) is 3.86. The number of aryl methyl sites for hydroxylation is 1. The van der Waals surface area contributed by atoms with E-state index in [1.807, 2.05) is 12.1 Å². The molecule has 0 amide bonds. The van der Waals surface area contributed by atoms with Gasteiger partial charge in [-0.05, 0) is 58.8 Å². The Hall–Kier alpha value is -0.790. The minimum atomic E-state index is -3.56. The zero-order valence-electron chi connectivity index (χ0n) is 10.5. The number of nitrogens with one attached hydrogen (secondary N) is 1. The Morgan fingerprint density at radius 1 is 1.05 bits per heavy atom. The second-order valence-corrected chi connectivity index (χ2v) is 7.39. The first-order chi connectivity index (χ1) is 9.53. The average Bonchev–Trinajstić information content (AvgIpc) is 2.42. The molecule has 6 heteroatoms. The smallest absolute Gasteiger partial charge is 0.261 e. The Balaban J connectivity index is 2.24. The topological polar surface area (TPSA) is 46.2 Å². The van der Waals surface area contributed by atoms with Crippen LogP contribution in [0.3, 0.4) is 0 Å². The maximum Gasteiger partial charge on any atom is 0.261 e. The normalized spacial score (nSPS) is 11.3. The van der Waals surface area contributed by atoms with E-state index in [-0.39, 0.29) is 4.90 Å². The Morgan fingerprint density at radius 2 is 1.70 bits per heavy atom. The number of hydrogen-bond donors (Lipinski definition) is 1. The monoisotopic (exact) mass is 421 g/mol. The molecule has 2 rings (SSSR count). The highest BCUT2D eigenvalue weighted by atomic mass is 127. The molecule has 0 atom stereocenters. The van der Waals surface area contributed by atoms with E-state index in [2.05, 4.69) is 27.3 Å². The summed E-state index contributed by atoms with van der Waals surface area (Å²) in [5.41, 5.74) is 1.60. The zero-order chi connectivity index (χ0) is 14.6. The summed E-state index contributed by atoms with van der Waals surface area (Å²) in [6, 6.07) is 14.0. The van der Waals surface area contributed by atoms with Gasteiger partial charge in [0.2, 0.25) is 0 Å². The molecular formula is C14H13ClINO2S. The van der Waals surface area contributed by atoms with Crippen molar-refractivity contribution in [3.8, 4) is 0 Å². The average molecular weight is 422 g/mol. The molecule has 106 valence electrons. The lowest BCUT2D eigenvalue weighted by Crippen LogP contribution is -2.13. The quantitative estimate of drug-likeness (QED) is 0.588. The summed E-state index contributed by atoms with van der Waals surface area (Å²) in [4.78, 5) is 0.246. The van der Waals surface area contributed by atoms with Gasteiger partial charge in [0, 0.05) is 9.45 Å². The number of sulfonamides is 1. The third-order valence-electron chi connectivity index (χ3n) is 2.73. The number of benzene rings is 2. The van der Waals surface area contributed by atoms with E-state index in [1.165, 1.54) is 0 Å². The van der Waals surface area contributed by atoms with Crippen molar-refractivity contribution in [2.24, 2.45) is 0 Å². The first-order valence-corrected chi connectivity index (χ1v) is 9.05. The van der Waals surface area contributed by atoms with Gasteiger partial charge in [0.25, 0.3) is 10.0 Å². The second kappa shape index (κ2) is 6.78. The lowest BCUT2D eigenvalue weighted by atomic mass is 10.2. The van der Waals surface area contributed by atoms with Crippen LogP contribution in [0.1, 0.15) is 5.56 Å². The third-order valence-corrected chi connectivity index (χ3v) is 5.25. The number of anilines is 1. The van der Waals surface area contributed by atoms with Crippen LogP contribution in [0.4, 0.5) is 5.69 Å². The van der Waals surface area contributed by atoms with Gasteiger partial charge in [-0.15, -0.1) is 11.6 Å². The van der Waals surface area contributed by atoms with E-state index in [0.717, 1.165) is 15.6 Å². The van der Waals surface area contributed by atoms with E-state index in [4.69, 9.17) is 11.6 Å². The molecule has 0 bridgehead atoms. The van der Waals surface area contributed by atoms with Crippen LogP contribution >= 0.6 is 34.2 Å². The standard InChI is InChI=1S/C14H13ClINO2S/c15-10-9-11-5-7-12(8-6-11)20(18,19)17-14-4-2-1-3-13(14)16/h1-8,17H,9-10H2. The molecule has 0 aliphatic heterocycles. The van der Waals surface area contributed by atoms with Gasteiger partial charge in [-0.2, -0.15) is 0 Å². The lowest BCUT2D eigenvalue weighted by Gasteiger charge is -2.10. The first kappa shape index (κ1) is 15.6. The van der Waals surface area contributed by atoms with E-state index in [1.54, 1.807) is 36.4 Å². The van der Waals surface area contributed by atoms with Crippen LogP contribution in [-0.4, -0.2) is 14.3 Å². The first-order valence-electron chi connectivity index (χ1n) is 5.95. The van der Waals surface area contributed by atoms with E-state index in [0.29, 0.717) is 11.6 Å². The van der Waals surface area contributed by atoms with E-state index >= 15 is 0 Å². The van der Waals surface area contributed by atoms with Crippen molar-refractivity contribution >= 4 is 49.9 Å². The maximum absolute atomic E-state index is 12.3. The van der Waals surface area contributed by atoms with Crippen LogP contribution in [-0.2, 0) is 16.4 Å². The summed E-state index contributed by atoms with van der Waals surface area (Å²) in [6.07, 6.45) is 0.728. The van der Waals surface area contributed by atoms with Gasteiger partial charge in [0.1, 0.15) is 0 Å². The van der Waals surface area contributed by atoms with Crippen LogP contribution in [0.2, 0.25) is 0 Å².